The molecule has 1 amide bonds. The fraction of sp³-hybridized carbons (Fsp3) is 0.500. The number of nitrogens with zero attached hydrogens (tertiary/aromatic N) is 4. The third kappa shape index (κ3) is 4.10. The van der Waals surface area contributed by atoms with E-state index >= 15 is 0 Å². The summed E-state index contributed by atoms with van der Waals surface area (Å²) in [6.45, 7) is 1.94. The van der Waals surface area contributed by atoms with E-state index < -0.39 is 0 Å². The van der Waals surface area contributed by atoms with Crippen molar-refractivity contribution in [3.63, 3.8) is 0 Å². The first-order valence-corrected chi connectivity index (χ1v) is 9.03. The lowest BCUT2D eigenvalue weighted by Crippen LogP contribution is -2.37. The molecular formula is C16H21N5OS. The zero-order valence-corrected chi connectivity index (χ0v) is 14.0. The van der Waals surface area contributed by atoms with Crippen molar-refractivity contribution in [1.82, 2.24) is 25.5 Å². The topological polar surface area (TPSA) is 72.7 Å². The van der Waals surface area contributed by atoms with Crippen LogP contribution in [-0.2, 0) is 10.5 Å². The summed E-state index contributed by atoms with van der Waals surface area (Å²) in [5.74, 6) is 1.46. The Kier molecular flexibility index (Phi) is 5.27. The van der Waals surface area contributed by atoms with Crippen LogP contribution in [0.5, 0.6) is 0 Å². The van der Waals surface area contributed by atoms with Crippen LogP contribution >= 0.6 is 11.8 Å². The first-order chi connectivity index (χ1) is 11.2. The van der Waals surface area contributed by atoms with Crippen LogP contribution in [0.2, 0.25) is 0 Å². The summed E-state index contributed by atoms with van der Waals surface area (Å²) in [5, 5.41) is 14.9. The number of carbonyl (C=O) groups is 1. The van der Waals surface area contributed by atoms with Gasteiger partial charge in [0, 0.05) is 6.04 Å². The molecule has 1 aromatic heterocycles. The second kappa shape index (κ2) is 7.59. The van der Waals surface area contributed by atoms with E-state index in [4.69, 9.17) is 0 Å². The van der Waals surface area contributed by atoms with Crippen LogP contribution in [0.1, 0.15) is 38.4 Å². The van der Waals surface area contributed by atoms with Gasteiger partial charge in [0.1, 0.15) is 0 Å². The molecule has 1 saturated carbocycles. The smallest absolute Gasteiger partial charge is 0.233 e. The monoisotopic (exact) mass is 331 g/mol. The average molecular weight is 331 g/mol. The molecule has 1 unspecified atom stereocenters. The van der Waals surface area contributed by atoms with Gasteiger partial charge in [0.15, 0.2) is 5.82 Å². The third-order valence-electron chi connectivity index (χ3n) is 4.07. The molecule has 1 N–H and O–H groups in total. The zero-order chi connectivity index (χ0) is 16.1. The van der Waals surface area contributed by atoms with Gasteiger partial charge in [-0.1, -0.05) is 31.0 Å². The third-order valence-corrected chi connectivity index (χ3v) is 5.21. The molecule has 2 aromatic rings. The molecule has 1 fully saturated rings. The fourth-order valence-electron chi connectivity index (χ4n) is 2.73. The molecule has 0 bridgehead atoms. The van der Waals surface area contributed by atoms with Crippen molar-refractivity contribution >= 4 is 17.7 Å². The minimum atomic E-state index is -0.114. The van der Waals surface area contributed by atoms with Crippen LogP contribution < -0.4 is 5.32 Å². The van der Waals surface area contributed by atoms with Gasteiger partial charge in [-0.05, 0) is 42.3 Å². The lowest BCUT2D eigenvalue weighted by atomic mass is 10.2. The predicted molar refractivity (Wildman–Crippen MR) is 90.3 cm³/mol. The van der Waals surface area contributed by atoms with E-state index in [1.54, 1.807) is 16.4 Å². The van der Waals surface area contributed by atoms with Gasteiger partial charge in [-0.25, -0.2) is 0 Å². The molecule has 0 radical (unpaired) electrons. The standard InChI is InChI=1S/C16H21N5OS/c1-12(16(22)17-13-7-5-6-8-13)23-11-15-18-19-20-21(15)14-9-3-2-4-10-14/h2-4,9-10,12-13H,5-8,11H2,1H3,(H,17,22). The Hall–Kier alpha value is -1.89. The van der Waals surface area contributed by atoms with Crippen molar-refractivity contribution in [3.05, 3.63) is 36.2 Å². The largest absolute Gasteiger partial charge is 0.352 e. The number of hydrogen-bond acceptors (Lipinski definition) is 5. The van der Waals surface area contributed by atoms with Gasteiger partial charge in [-0.2, -0.15) is 4.68 Å². The quantitative estimate of drug-likeness (QED) is 0.879. The van der Waals surface area contributed by atoms with Crippen molar-refractivity contribution in [3.8, 4) is 5.69 Å². The number of hydrogen-bond donors (Lipinski definition) is 1. The second-order valence-electron chi connectivity index (χ2n) is 5.79. The van der Waals surface area contributed by atoms with Crippen molar-refractivity contribution in [2.75, 3.05) is 0 Å². The summed E-state index contributed by atoms with van der Waals surface area (Å²) in [6.07, 6.45) is 4.65. The van der Waals surface area contributed by atoms with Crippen molar-refractivity contribution in [2.45, 2.75) is 49.7 Å². The van der Waals surface area contributed by atoms with E-state index in [2.05, 4.69) is 20.8 Å². The molecule has 7 heteroatoms. The van der Waals surface area contributed by atoms with Crippen LogP contribution in [0.25, 0.3) is 5.69 Å². The maximum absolute atomic E-state index is 12.2. The highest BCUT2D eigenvalue weighted by Crippen LogP contribution is 2.21. The van der Waals surface area contributed by atoms with E-state index in [9.17, 15) is 4.79 Å². The number of para-hydroxylation sites is 1. The molecule has 1 aromatic carbocycles. The SMILES string of the molecule is CC(SCc1nnnn1-c1ccccc1)C(=O)NC1CCCC1. The van der Waals surface area contributed by atoms with Crippen LogP contribution in [0, 0.1) is 0 Å². The number of aromatic nitrogens is 4. The van der Waals surface area contributed by atoms with Gasteiger partial charge in [-0.3, -0.25) is 4.79 Å². The summed E-state index contributed by atoms with van der Waals surface area (Å²) in [5.41, 5.74) is 0.927. The highest BCUT2D eigenvalue weighted by Gasteiger charge is 2.21. The van der Waals surface area contributed by atoms with Crippen LogP contribution in [0.3, 0.4) is 0 Å². The van der Waals surface area contributed by atoms with Crippen molar-refractivity contribution in [2.24, 2.45) is 0 Å². The molecule has 0 saturated heterocycles. The second-order valence-corrected chi connectivity index (χ2v) is 7.11. The maximum atomic E-state index is 12.2. The molecule has 0 aliphatic heterocycles. The predicted octanol–water partition coefficient (Wildman–Crippen LogP) is 2.34. The molecule has 1 atom stereocenters. The first kappa shape index (κ1) is 16.0. The molecule has 0 spiro atoms. The average Bonchev–Trinajstić information content (AvgIpc) is 3.24. The summed E-state index contributed by atoms with van der Waals surface area (Å²) in [4.78, 5) is 12.2. The molecule has 6 nitrogen and oxygen atoms in total. The number of tetrazole rings is 1. The van der Waals surface area contributed by atoms with Crippen LogP contribution in [-0.4, -0.2) is 37.4 Å². The Balaban J connectivity index is 1.56. The van der Waals surface area contributed by atoms with Gasteiger partial charge >= 0.3 is 0 Å². The molecule has 3 rings (SSSR count). The maximum Gasteiger partial charge on any atom is 0.233 e. The number of amides is 1. The summed E-state index contributed by atoms with van der Waals surface area (Å²) >= 11 is 1.56. The molecule has 23 heavy (non-hydrogen) atoms. The minimum absolute atomic E-state index is 0.112. The number of nitrogens with one attached hydrogen (secondary N) is 1. The highest BCUT2D eigenvalue weighted by molar-refractivity contribution is 7.99. The highest BCUT2D eigenvalue weighted by atomic mass is 32.2. The van der Waals surface area contributed by atoms with Gasteiger partial charge in [0.25, 0.3) is 0 Å². The molecule has 1 heterocycles. The fourth-order valence-corrected chi connectivity index (χ4v) is 3.53. The summed E-state index contributed by atoms with van der Waals surface area (Å²) in [7, 11) is 0. The molecule has 1 aliphatic rings. The molecule has 122 valence electrons. The normalized spacial score (nSPS) is 16.4. The van der Waals surface area contributed by atoms with Gasteiger partial charge in [0.05, 0.1) is 16.7 Å². The Bertz CT molecular complexity index is 639. The lowest BCUT2D eigenvalue weighted by Gasteiger charge is -2.16. The van der Waals surface area contributed by atoms with Crippen molar-refractivity contribution in [1.29, 1.82) is 0 Å². The van der Waals surface area contributed by atoms with Gasteiger partial charge in [-0.15, -0.1) is 16.9 Å². The van der Waals surface area contributed by atoms with Crippen molar-refractivity contribution < 1.29 is 4.79 Å². The first-order valence-electron chi connectivity index (χ1n) is 7.98. The number of rotatable bonds is 6. The molecule has 1 aliphatic carbocycles. The van der Waals surface area contributed by atoms with E-state index in [0.717, 1.165) is 24.4 Å². The van der Waals surface area contributed by atoms with E-state index in [1.165, 1.54) is 12.8 Å². The van der Waals surface area contributed by atoms with E-state index in [-0.39, 0.29) is 11.2 Å². The number of carbonyl (C=O) groups excluding carboxylic acids is 1. The minimum Gasteiger partial charge on any atom is -0.352 e. The number of thioether (sulfide) groups is 1. The zero-order valence-electron chi connectivity index (χ0n) is 13.2. The van der Waals surface area contributed by atoms with Crippen LogP contribution in [0.4, 0.5) is 0 Å². The van der Waals surface area contributed by atoms with Gasteiger partial charge in [0.2, 0.25) is 5.91 Å². The molecular weight excluding hydrogens is 310 g/mol. The van der Waals surface area contributed by atoms with Gasteiger partial charge < -0.3 is 5.32 Å². The lowest BCUT2D eigenvalue weighted by molar-refractivity contribution is -0.120. The van der Waals surface area contributed by atoms with E-state index in [0.29, 0.717) is 11.8 Å². The Morgan fingerprint density at radius 3 is 2.83 bits per heavy atom. The Labute approximate surface area is 140 Å². The summed E-state index contributed by atoms with van der Waals surface area (Å²) < 4.78 is 1.72. The Morgan fingerprint density at radius 2 is 2.09 bits per heavy atom. The van der Waals surface area contributed by atoms with E-state index in [1.807, 2.05) is 37.3 Å². The Morgan fingerprint density at radius 1 is 1.35 bits per heavy atom. The van der Waals surface area contributed by atoms with Crippen LogP contribution in [0.15, 0.2) is 30.3 Å². The summed E-state index contributed by atoms with van der Waals surface area (Å²) in [6, 6.07) is 10.1. The number of benzene rings is 1.